The van der Waals surface area contributed by atoms with Gasteiger partial charge in [0.05, 0.1) is 16.3 Å². The highest BCUT2D eigenvalue weighted by Crippen LogP contribution is 2.49. The number of carbonyl (C=O) groups excluding carboxylic acids is 1. The molecule has 0 unspecified atom stereocenters. The van der Waals surface area contributed by atoms with Gasteiger partial charge in [0.2, 0.25) is 0 Å². The van der Waals surface area contributed by atoms with Crippen LogP contribution in [-0.4, -0.2) is 23.7 Å². The van der Waals surface area contributed by atoms with Crippen LogP contribution in [0.3, 0.4) is 0 Å². The molecular weight excluding hydrogens is 291 g/mol. The van der Waals surface area contributed by atoms with Crippen LogP contribution in [-0.2, 0) is 0 Å². The number of halogens is 3. The summed E-state index contributed by atoms with van der Waals surface area (Å²) in [6.07, 6.45) is -1.83. The second-order valence-electron chi connectivity index (χ2n) is 5.32. The molecule has 4 nitrogen and oxygen atoms in total. The first-order valence-electron chi connectivity index (χ1n) is 6.50. The third-order valence-electron chi connectivity index (χ3n) is 3.64. The SMILES string of the molecule is O=C(NC[C@@H]1C[C@H]1C(F)(F)F)Nc1ncsc1C1CC1. The van der Waals surface area contributed by atoms with E-state index in [2.05, 4.69) is 15.6 Å². The molecule has 110 valence electrons. The highest BCUT2D eigenvalue weighted by atomic mass is 32.1. The highest BCUT2D eigenvalue weighted by Gasteiger charge is 2.55. The lowest BCUT2D eigenvalue weighted by molar-refractivity contribution is -0.150. The number of anilines is 1. The van der Waals surface area contributed by atoms with E-state index in [0.717, 1.165) is 17.7 Å². The average molecular weight is 305 g/mol. The van der Waals surface area contributed by atoms with E-state index in [4.69, 9.17) is 0 Å². The van der Waals surface area contributed by atoms with Gasteiger partial charge in [0.25, 0.3) is 0 Å². The van der Waals surface area contributed by atoms with E-state index in [9.17, 15) is 18.0 Å². The number of nitrogens with one attached hydrogen (secondary N) is 2. The van der Waals surface area contributed by atoms with Gasteiger partial charge in [0, 0.05) is 6.54 Å². The molecule has 20 heavy (non-hydrogen) atoms. The summed E-state index contributed by atoms with van der Waals surface area (Å²) in [5, 5.41) is 5.10. The number of carbonyl (C=O) groups is 1. The minimum absolute atomic E-state index is 0.0545. The van der Waals surface area contributed by atoms with Gasteiger partial charge in [0.1, 0.15) is 5.82 Å². The largest absolute Gasteiger partial charge is 0.392 e. The molecule has 0 aliphatic heterocycles. The lowest BCUT2D eigenvalue weighted by atomic mass is 10.3. The second kappa shape index (κ2) is 4.91. The maximum Gasteiger partial charge on any atom is 0.392 e. The van der Waals surface area contributed by atoms with Crippen LogP contribution in [0.2, 0.25) is 0 Å². The van der Waals surface area contributed by atoms with E-state index in [0.29, 0.717) is 11.7 Å². The number of urea groups is 1. The summed E-state index contributed by atoms with van der Waals surface area (Å²) in [6, 6.07) is -0.481. The summed E-state index contributed by atoms with van der Waals surface area (Å²) < 4.78 is 37.0. The number of hydrogen-bond donors (Lipinski definition) is 2. The molecule has 2 aliphatic carbocycles. The van der Waals surface area contributed by atoms with Crippen LogP contribution in [0.5, 0.6) is 0 Å². The van der Waals surface area contributed by atoms with Crippen molar-refractivity contribution in [2.24, 2.45) is 11.8 Å². The quantitative estimate of drug-likeness (QED) is 0.896. The molecule has 8 heteroatoms. The Morgan fingerprint density at radius 1 is 1.45 bits per heavy atom. The topological polar surface area (TPSA) is 54.0 Å². The smallest absolute Gasteiger partial charge is 0.338 e. The molecule has 0 spiro atoms. The molecule has 0 radical (unpaired) electrons. The monoisotopic (exact) mass is 305 g/mol. The van der Waals surface area contributed by atoms with Gasteiger partial charge >= 0.3 is 12.2 Å². The van der Waals surface area contributed by atoms with Gasteiger partial charge in [-0.1, -0.05) is 0 Å². The predicted molar refractivity (Wildman–Crippen MR) is 68.8 cm³/mol. The van der Waals surface area contributed by atoms with Crippen molar-refractivity contribution >= 4 is 23.2 Å². The van der Waals surface area contributed by atoms with Gasteiger partial charge in [-0.15, -0.1) is 11.3 Å². The van der Waals surface area contributed by atoms with Gasteiger partial charge in [-0.05, 0) is 31.1 Å². The van der Waals surface area contributed by atoms with Crippen LogP contribution >= 0.6 is 11.3 Å². The van der Waals surface area contributed by atoms with Gasteiger partial charge in [-0.2, -0.15) is 13.2 Å². The molecule has 0 saturated heterocycles. The van der Waals surface area contributed by atoms with Crippen molar-refractivity contribution in [1.29, 1.82) is 0 Å². The summed E-state index contributed by atoms with van der Waals surface area (Å²) in [7, 11) is 0. The van der Waals surface area contributed by atoms with Gasteiger partial charge < -0.3 is 5.32 Å². The zero-order valence-electron chi connectivity index (χ0n) is 10.5. The Hall–Kier alpha value is -1.31. The maximum atomic E-state index is 12.3. The van der Waals surface area contributed by atoms with Crippen LogP contribution in [0.1, 0.15) is 30.1 Å². The molecule has 2 N–H and O–H groups in total. The summed E-state index contributed by atoms with van der Waals surface area (Å²) in [5.74, 6) is -0.725. The van der Waals surface area contributed by atoms with E-state index >= 15 is 0 Å². The van der Waals surface area contributed by atoms with E-state index in [-0.39, 0.29) is 13.0 Å². The standard InChI is InChI=1S/C12H14F3N3OS/c13-12(14,15)8-3-7(8)4-16-11(19)18-10-9(6-1-2-6)20-5-17-10/h5-8H,1-4H2,(H2,16,18,19)/t7-,8+/m0/s1. The fourth-order valence-electron chi connectivity index (χ4n) is 2.23. The van der Waals surface area contributed by atoms with E-state index in [1.807, 2.05) is 0 Å². The zero-order chi connectivity index (χ0) is 14.3. The van der Waals surface area contributed by atoms with Crippen LogP contribution < -0.4 is 10.6 Å². The average Bonchev–Trinajstić information content (AvgIpc) is 3.26. The first-order valence-corrected chi connectivity index (χ1v) is 7.38. The Kier molecular flexibility index (Phi) is 3.35. The molecule has 1 aromatic rings. The van der Waals surface area contributed by atoms with Crippen molar-refractivity contribution in [2.45, 2.75) is 31.4 Å². The van der Waals surface area contributed by atoms with Crippen LogP contribution in [0.4, 0.5) is 23.8 Å². The van der Waals surface area contributed by atoms with Crippen molar-refractivity contribution in [3.8, 4) is 0 Å². The third kappa shape index (κ3) is 3.05. The van der Waals surface area contributed by atoms with E-state index < -0.39 is 24.0 Å². The minimum Gasteiger partial charge on any atom is -0.338 e. The van der Waals surface area contributed by atoms with Gasteiger partial charge in [0.15, 0.2) is 0 Å². The van der Waals surface area contributed by atoms with E-state index in [1.54, 1.807) is 5.51 Å². The molecule has 0 bridgehead atoms. The minimum atomic E-state index is -4.14. The van der Waals surface area contributed by atoms with Crippen molar-refractivity contribution in [3.63, 3.8) is 0 Å². The Bertz CT molecular complexity index is 512. The summed E-state index contributed by atoms with van der Waals surface area (Å²) in [5.41, 5.74) is 1.67. The van der Waals surface area contributed by atoms with Crippen LogP contribution in [0.15, 0.2) is 5.51 Å². The fraction of sp³-hybridized carbons (Fsp3) is 0.667. The maximum absolute atomic E-state index is 12.3. The lowest BCUT2D eigenvalue weighted by Crippen LogP contribution is -2.31. The zero-order valence-corrected chi connectivity index (χ0v) is 11.4. The Morgan fingerprint density at radius 2 is 2.20 bits per heavy atom. The normalized spacial score (nSPS) is 25.4. The van der Waals surface area contributed by atoms with Crippen LogP contribution in [0.25, 0.3) is 0 Å². The molecule has 2 atom stereocenters. The van der Waals surface area contributed by atoms with Gasteiger partial charge in [-0.3, -0.25) is 5.32 Å². The molecule has 3 rings (SSSR count). The highest BCUT2D eigenvalue weighted by molar-refractivity contribution is 7.10. The van der Waals surface area contributed by atoms with Crippen molar-refractivity contribution in [2.75, 3.05) is 11.9 Å². The number of alkyl halides is 3. The fourth-order valence-corrected chi connectivity index (χ4v) is 3.15. The second-order valence-corrected chi connectivity index (χ2v) is 6.20. The summed E-state index contributed by atoms with van der Waals surface area (Å²) in [4.78, 5) is 16.8. The van der Waals surface area contributed by atoms with Crippen molar-refractivity contribution in [3.05, 3.63) is 10.4 Å². The van der Waals surface area contributed by atoms with E-state index in [1.165, 1.54) is 11.3 Å². The molecule has 0 aromatic carbocycles. The van der Waals surface area contributed by atoms with Crippen molar-refractivity contribution < 1.29 is 18.0 Å². The van der Waals surface area contributed by atoms with Crippen LogP contribution in [0, 0.1) is 11.8 Å². The molecule has 2 fully saturated rings. The number of rotatable bonds is 4. The number of nitrogens with zero attached hydrogens (tertiary/aromatic N) is 1. The Morgan fingerprint density at radius 3 is 2.80 bits per heavy atom. The Balaban J connectivity index is 1.45. The number of amides is 2. The Labute approximate surface area is 117 Å². The summed E-state index contributed by atoms with van der Waals surface area (Å²) in [6.45, 7) is 0.0545. The molecule has 1 heterocycles. The first kappa shape index (κ1) is 13.7. The number of thiazole rings is 1. The lowest BCUT2D eigenvalue weighted by Gasteiger charge is -2.08. The number of aromatic nitrogens is 1. The summed E-state index contributed by atoms with van der Waals surface area (Å²) >= 11 is 1.50. The first-order chi connectivity index (χ1) is 9.45. The van der Waals surface area contributed by atoms with Gasteiger partial charge in [-0.25, -0.2) is 9.78 Å². The molecular formula is C12H14F3N3OS. The third-order valence-corrected chi connectivity index (χ3v) is 4.63. The van der Waals surface area contributed by atoms with Crippen molar-refractivity contribution in [1.82, 2.24) is 10.3 Å². The molecule has 1 aromatic heterocycles. The molecule has 2 amide bonds. The number of hydrogen-bond acceptors (Lipinski definition) is 3. The molecule has 2 saturated carbocycles. The predicted octanol–water partition coefficient (Wildman–Crippen LogP) is 3.34. The molecule has 2 aliphatic rings.